The second kappa shape index (κ2) is 7.53. The van der Waals surface area contributed by atoms with Crippen molar-refractivity contribution in [1.82, 2.24) is 4.90 Å². The molecule has 0 radical (unpaired) electrons. The Labute approximate surface area is 150 Å². The van der Waals surface area contributed by atoms with Crippen molar-refractivity contribution in [2.45, 2.75) is 25.1 Å². The van der Waals surface area contributed by atoms with Crippen LogP contribution in [0.5, 0.6) is 0 Å². The molecule has 128 valence electrons. The van der Waals surface area contributed by atoms with Gasteiger partial charge in [-0.25, -0.2) is 0 Å². The Balaban J connectivity index is 1.61. The molecule has 25 heavy (non-hydrogen) atoms. The molecule has 6 heteroatoms. The molecule has 0 bridgehead atoms. The number of carbonyl (C=O) groups excluding carboxylic acids is 3. The largest absolute Gasteiger partial charge is 0.326 e. The molecule has 2 aromatic rings. The zero-order valence-corrected chi connectivity index (χ0v) is 14.6. The molecule has 2 aromatic carbocycles. The second-order valence-electron chi connectivity index (χ2n) is 5.90. The van der Waals surface area contributed by atoms with Gasteiger partial charge in [0, 0.05) is 12.1 Å². The van der Waals surface area contributed by atoms with Crippen LogP contribution in [0.15, 0.2) is 54.6 Å². The standard InChI is InChI=1S/C19H18N2O3S/c1-13-6-5-9-15(10-13)20-17(22)11-16-18(23)21(19(24)25-16)12-14-7-3-2-4-8-14/h2-10,16H,11-12H2,1H3,(H,20,22). The number of amides is 3. The lowest BCUT2D eigenvalue weighted by Crippen LogP contribution is -2.32. The van der Waals surface area contributed by atoms with E-state index in [1.807, 2.05) is 55.5 Å². The lowest BCUT2D eigenvalue weighted by atomic mass is 10.2. The van der Waals surface area contributed by atoms with Crippen LogP contribution in [0.2, 0.25) is 0 Å². The number of imide groups is 1. The average Bonchev–Trinajstić information content (AvgIpc) is 2.83. The van der Waals surface area contributed by atoms with Crippen LogP contribution in [0.4, 0.5) is 10.5 Å². The zero-order valence-electron chi connectivity index (χ0n) is 13.8. The highest BCUT2D eigenvalue weighted by atomic mass is 32.2. The summed E-state index contributed by atoms with van der Waals surface area (Å²) in [7, 11) is 0. The van der Waals surface area contributed by atoms with Gasteiger partial charge in [-0.3, -0.25) is 19.3 Å². The van der Waals surface area contributed by atoms with Gasteiger partial charge in [0.15, 0.2) is 0 Å². The second-order valence-corrected chi connectivity index (χ2v) is 7.06. The third kappa shape index (κ3) is 4.28. The van der Waals surface area contributed by atoms with Crippen molar-refractivity contribution in [3.8, 4) is 0 Å². The van der Waals surface area contributed by atoms with Gasteiger partial charge in [-0.05, 0) is 30.2 Å². The van der Waals surface area contributed by atoms with E-state index in [-0.39, 0.29) is 30.0 Å². The first kappa shape index (κ1) is 17.2. The number of benzene rings is 2. The molecule has 0 saturated carbocycles. The number of nitrogens with one attached hydrogen (secondary N) is 1. The van der Waals surface area contributed by atoms with Crippen molar-refractivity contribution < 1.29 is 14.4 Å². The van der Waals surface area contributed by atoms with Crippen molar-refractivity contribution in [2.24, 2.45) is 0 Å². The lowest BCUT2D eigenvalue weighted by molar-refractivity contribution is -0.129. The van der Waals surface area contributed by atoms with E-state index in [1.165, 1.54) is 4.90 Å². The number of anilines is 1. The van der Waals surface area contributed by atoms with Crippen molar-refractivity contribution in [2.75, 3.05) is 5.32 Å². The predicted octanol–water partition coefficient (Wildman–Crippen LogP) is 3.59. The van der Waals surface area contributed by atoms with Gasteiger partial charge in [-0.1, -0.05) is 54.2 Å². The molecule has 1 aliphatic heterocycles. The van der Waals surface area contributed by atoms with Crippen LogP contribution in [0.3, 0.4) is 0 Å². The first-order valence-corrected chi connectivity index (χ1v) is 8.83. The van der Waals surface area contributed by atoms with Crippen LogP contribution in [0.1, 0.15) is 17.5 Å². The first-order valence-electron chi connectivity index (χ1n) is 7.95. The number of aryl methyl sites for hydroxylation is 1. The van der Waals surface area contributed by atoms with Crippen LogP contribution in [-0.2, 0) is 16.1 Å². The van der Waals surface area contributed by atoms with Crippen LogP contribution in [0, 0.1) is 6.92 Å². The number of thioether (sulfide) groups is 1. The Bertz CT molecular complexity index is 807. The number of hydrogen-bond acceptors (Lipinski definition) is 4. The van der Waals surface area contributed by atoms with E-state index in [1.54, 1.807) is 6.07 Å². The van der Waals surface area contributed by atoms with E-state index in [9.17, 15) is 14.4 Å². The van der Waals surface area contributed by atoms with E-state index >= 15 is 0 Å². The maximum atomic E-state index is 12.5. The summed E-state index contributed by atoms with van der Waals surface area (Å²) in [6, 6.07) is 16.8. The molecular formula is C19H18N2O3S. The Kier molecular flexibility index (Phi) is 5.19. The van der Waals surface area contributed by atoms with Crippen molar-refractivity contribution >= 4 is 34.5 Å². The van der Waals surface area contributed by atoms with E-state index in [2.05, 4.69) is 5.32 Å². The Morgan fingerprint density at radius 1 is 1.12 bits per heavy atom. The van der Waals surface area contributed by atoms with Gasteiger partial charge in [0.2, 0.25) is 11.8 Å². The fourth-order valence-corrected chi connectivity index (χ4v) is 3.63. The molecule has 1 atom stereocenters. The average molecular weight is 354 g/mol. The maximum Gasteiger partial charge on any atom is 0.289 e. The van der Waals surface area contributed by atoms with E-state index in [4.69, 9.17) is 0 Å². The van der Waals surface area contributed by atoms with Crippen molar-refractivity contribution in [3.63, 3.8) is 0 Å². The van der Waals surface area contributed by atoms with Crippen LogP contribution in [0.25, 0.3) is 0 Å². The Morgan fingerprint density at radius 3 is 2.60 bits per heavy atom. The zero-order chi connectivity index (χ0) is 17.8. The molecule has 1 aliphatic rings. The minimum atomic E-state index is -0.666. The number of carbonyl (C=O) groups is 3. The monoisotopic (exact) mass is 354 g/mol. The minimum absolute atomic E-state index is 0.0194. The van der Waals surface area contributed by atoms with Gasteiger partial charge in [0.05, 0.1) is 6.54 Å². The molecule has 3 rings (SSSR count). The molecule has 0 aliphatic carbocycles. The third-order valence-electron chi connectivity index (χ3n) is 3.86. The highest BCUT2D eigenvalue weighted by Crippen LogP contribution is 2.30. The summed E-state index contributed by atoms with van der Waals surface area (Å²) in [4.78, 5) is 38.0. The lowest BCUT2D eigenvalue weighted by Gasteiger charge is -2.14. The topological polar surface area (TPSA) is 66.5 Å². The molecule has 1 unspecified atom stereocenters. The molecule has 3 amide bonds. The van der Waals surface area contributed by atoms with E-state index in [0.717, 1.165) is 22.9 Å². The number of hydrogen-bond donors (Lipinski definition) is 1. The summed E-state index contributed by atoms with van der Waals surface area (Å²) in [5.74, 6) is -0.580. The Morgan fingerprint density at radius 2 is 1.88 bits per heavy atom. The molecule has 1 N–H and O–H groups in total. The highest BCUT2D eigenvalue weighted by molar-refractivity contribution is 8.15. The summed E-state index contributed by atoms with van der Waals surface area (Å²) in [5, 5.41) is 1.81. The van der Waals surface area contributed by atoms with Crippen LogP contribution >= 0.6 is 11.8 Å². The molecule has 0 spiro atoms. The van der Waals surface area contributed by atoms with Gasteiger partial charge < -0.3 is 5.32 Å². The van der Waals surface area contributed by atoms with Gasteiger partial charge in [-0.15, -0.1) is 0 Å². The van der Waals surface area contributed by atoms with Gasteiger partial charge in [-0.2, -0.15) is 0 Å². The fraction of sp³-hybridized carbons (Fsp3) is 0.211. The fourth-order valence-electron chi connectivity index (χ4n) is 2.64. The summed E-state index contributed by atoms with van der Waals surface area (Å²) in [5.41, 5.74) is 2.61. The molecular weight excluding hydrogens is 336 g/mol. The molecule has 0 aromatic heterocycles. The normalized spacial score (nSPS) is 17.0. The number of rotatable bonds is 5. The number of nitrogens with zero attached hydrogens (tertiary/aromatic N) is 1. The van der Waals surface area contributed by atoms with Gasteiger partial charge >= 0.3 is 0 Å². The van der Waals surface area contributed by atoms with Gasteiger partial charge in [0.25, 0.3) is 5.24 Å². The molecule has 1 heterocycles. The highest BCUT2D eigenvalue weighted by Gasteiger charge is 2.40. The van der Waals surface area contributed by atoms with Crippen LogP contribution in [-0.4, -0.2) is 27.2 Å². The first-order chi connectivity index (χ1) is 12.0. The SMILES string of the molecule is Cc1cccc(NC(=O)CC2SC(=O)N(Cc3ccccc3)C2=O)c1. The summed E-state index contributed by atoms with van der Waals surface area (Å²) < 4.78 is 0. The predicted molar refractivity (Wildman–Crippen MR) is 98.2 cm³/mol. The van der Waals surface area contributed by atoms with Gasteiger partial charge in [0.1, 0.15) is 5.25 Å². The smallest absolute Gasteiger partial charge is 0.289 e. The third-order valence-corrected chi connectivity index (χ3v) is 4.94. The van der Waals surface area contributed by atoms with Crippen LogP contribution < -0.4 is 5.32 Å². The molecule has 1 saturated heterocycles. The van der Waals surface area contributed by atoms with E-state index in [0.29, 0.717) is 5.69 Å². The molecule has 1 fully saturated rings. The van der Waals surface area contributed by atoms with Crippen molar-refractivity contribution in [1.29, 1.82) is 0 Å². The Hall–Kier alpha value is -2.60. The summed E-state index contributed by atoms with van der Waals surface area (Å²) in [6.07, 6.45) is -0.0194. The summed E-state index contributed by atoms with van der Waals surface area (Å²) in [6.45, 7) is 2.17. The van der Waals surface area contributed by atoms with Crippen molar-refractivity contribution in [3.05, 3.63) is 65.7 Å². The quantitative estimate of drug-likeness (QED) is 0.891. The minimum Gasteiger partial charge on any atom is -0.326 e. The van der Waals surface area contributed by atoms with E-state index < -0.39 is 5.25 Å². The summed E-state index contributed by atoms with van der Waals surface area (Å²) >= 11 is 0.920. The maximum absolute atomic E-state index is 12.5. The molecule has 5 nitrogen and oxygen atoms in total.